The van der Waals surface area contributed by atoms with Crippen LogP contribution in [0, 0.1) is 0 Å². The summed E-state index contributed by atoms with van der Waals surface area (Å²) in [5.41, 5.74) is 7.88. The van der Waals surface area contributed by atoms with E-state index in [1.54, 1.807) is 12.3 Å². The Kier molecular flexibility index (Phi) is 5.62. The molecule has 1 amide bonds. The van der Waals surface area contributed by atoms with Crippen molar-refractivity contribution in [3.8, 4) is 17.0 Å². The van der Waals surface area contributed by atoms with Crippen LogP contribution in [0.3, 0.4) is 0 Å². The van der Waals surface area contributed by atoms with Crippen LogP contribution in [0.4, 0.5) is 4.79 Å². The van der Waals surface area contributed by atoms with E-state index in [1.807, 2.05) is 41.0 Å². The smallest absolute Gasteiger partial charge is 0.409 e. The fourth-order valence-electron chi connectivity index (χ4n) is 2.83. The molecule has 0 unspecified atom stereocenters. The molecule has 27 heavy (non-hydrogen) atoms. The average Bonchev–Trinajstić information content (AvgIpc) is 2.98. The summed E-state index contributed by atoms with van der Waals surface area (Å²) in [5, 5.41) is 0.726. The van der Waals surface area contributed by atoms with Gasteiger partial charge in [-0.15, -0.1) is 0 Å². The van der Waals surface area contributed by atoms with Crippen molar-refractivity contribution in [2.75, 3.05) is 6.61 Å². The summed E-state index contributed by atoms with van der Waals surface area (Å²) in [6, 6.07) is 14.7. The van der Waals surface area contributed by atoms with Crippen molar-refractivity contribution in [3.63, 3.8) is 0 Å². The summed E-state index contributed by atoms with van der Waals surface area (Å²) in [4.78, 5) is 15.7. The van der Waals surface area contributed by atoms with Gasteiger partial charge < -0.3 is 19.8 Å². The SMILES string of the molecule is C[Si](C)(C)CCOCn1c(-c2ccccc2)cc2c(OC(N)=O)ccnc21. The van der Waals surface area contributed by atoms with E-state index in [2.05, 4.69) is 24.6 Å². The van der Waals surface area contributed by atoms with Crippen molar-refractivity contribution in [2.45, 2.75) is 32.4 Å². The summed E-state index contributed by atoms with van der Waals surface area (Å²) in [5.74, 6) is 0.394. The molecule has 0 bridgehead atoms. The number of nitrogens with two attached hydrogens (primary N) is 1. The molecule has 1 aromatic carbocycles. The number of benzene rings is 1. The molecule has 0 atom stereocenters. The number of ether oxygens (including phenoxy) is 2. The Hall–Kier alpha value is -2.64. The molecule has 0 fully saturated rings. The molecule has 2 N–H and O–H groups in total. The summed E-state index contributed by atoms with van der Waals surface area (Å²) in [7, 11) is -1.16. The number of carbonyl (C=O) groups is 1. The molecule has 7 heteroatoms. The number of nitrogens with zero attached hydrogens (tertiary/aromatic N) is 2. The van der Waals surface area contributed by atoms with Crippen LogP contribution in [0.1, 0.15) is 0 Å². The number of carbonyl (C=O) groups excluding carboxylic acids is 1. The van der Waals surface area contributed by atoms with Crippen LogP contribution in [0.25, 0.3) is 22.3 Å². The summed E-state index contributed by atoms with van der Waals surface area (Å²) >= 11 is 0. The average molecular weight is 384 g/mol. The molecule has 0 spiro atoms. The molecule has 3 rings (SSSR count). The number of pyridine rings is 1. The van der Waals surface area contributed by atoms with E-state index in [1.165, 1.54) is 0 Å². The number of primary amides is 1. The Balaban J connectivity index is 1.99. The molecular weight excluding hydrogens is 358 g/mol. The molecule has 6 nitrogen and oxygen atoms in total. The first-order valence-electron chi connectivity index (χ1n) is 8.94. The van der Waals surface area contributed by atoms with Crippen LogP contribution < -0.4 is 10.5 Å². The Morgan fingerprint density at radius 2 is 1.93 bits per heavy atom. The Bertz CT molecular complexity index is 933. The van der Waals surface area contributed by atoms with Gasteiger partial charge in [-0.05, 0) is 17.7 Å². The van der Waals surface area contributed by atoms with Crippen LogP contribution in [0.15, 0.2) is 48.7 Å². The minimum Gasteiger partial charge on any atom is -0.410 e. The van der Waals surface area contributed by atoms with Gasteiger partial charge in [-0.25, -0.2) is 9.78 Å². The highest BCUT2D eigenvalue weighted by Gasteiger charge is 2.17. The number of fused-ring (bicyclic) bond motifs is 1. The molecule has 0 aliphatic rings. The zero-order valence-corrected chi connectivity index (χ0v) is 16.9. The van der Waals surface area contributed by atoms with E-state index in [0.29, 0.717) is 24.7 Å². The largest absolute Gasteiger partial charge is 0.410 e. The van der Waals surface area contributed by atoms with E-state index >= 15 is 0 Å². The van der Waals surface area contributed by atoms with Crippen molar-refractivity contribution in [3.05, 3.63) is 48.7 Å². The molecule has 0 saturated heterocycles. The fraction of sp³-hybridized carbons (Fsp3) is 0.300. The monoisotopic (exact) mass is 383 g/mol. The van der Waals surface area contributed by atoms with Crippen LogP contribution in [-0.2, 0) is 11.5 Å². The first kappa shape index (κ1) is 19.1. The van der Waals surface area contributed by atoms with E-state index in [0.717, 1.165) is 22.7 Å². The van der Waals surface area contributed by atoms with E-state index in [4.69, 9.17) is 15.2 Å². The lowest BCUT2D eigenvalue weighted by Crippen LogP contribution is -2.22. The number of aromatic nitrogens is 2. The zero-order valence-electron chi connectivity index (χ0n) is 15.9. The van der Waals surface area contributed by atoms with Crippen molar-refractivity contribution >= 4 is 25.2 Å². The molecule has 0 aliphatic carbocycles. The maximum absolute atomic E-state index is 11.2. The van der Waals surface area contributed by atoms with Crippen molar-refractivity contribution in [1.29, 1.82) is 0 Å². The topological polar surface area (TPSA) is 79.4 Å². The molecule has 2 aromatic heterocycles. The lowest BCUT2D eigenvalue weighted by Gasteiger charge is -2.16. The lowest BCUT2D eigenvalue weighted by atomic mass is 10.1. The van der Waals surface area contributed by atoms with Gasteiger partial charge in [-0.2, -0.15) is 0 Å². The molecule has 0 aliphatic heterocycles. The first-order valence-corrected chi connectivity index (χ1v) is 12.6. The van der Waals surface area contributed by atoms with Gasteiger partial charge in [-0.3, -0.25) is 0 Å². The van der Waals surface area contributed by atoms with Crippen LogP contribution in [-0.4, -0.2) is 30.3 Å². The van der Waals surface area contributed by atoms with Gasteiger partial charge in [0.25, 0.3) is 0 Å². The predicted molar refractivity (Wildman–Crippen MR) is 109 cm³/mol. The van der Waals surface area contributed by atoms with Crippen LogP contribution in [0.5, 0.6) is 5.75 Å². The molecule has 142 valence electrons. The fourth-order valence-corrected chi connectivity index (χ4v) is 3.59. The van der Waals surface area contributed by atoms with Crippen LogP contribution in [0.2, 0.25) is 25.7 Å². The zero-order chi connectivity index (χ0) is 19.4. The highest BCUT2D eigenvalue weighted by molar-refractivity contribution is 6.76. The maximum Gasteiger partial charge on any atom is 0.409 e. The molecule has 2 heterocycles. The van der Waals surface area contributed by atoms with Gasteiger partial charge in [0.15, 0.2) is 0 Å². The Morgan fingerprint density at radius 1 is 1.19 bits per heavy atom. The number of rotatable bonds is 7. The molecular formula is C20H25N3O3Si. The van der Waals surface area contributed by atoms with Crippen LogP contribution >= 0.6 is 0 Å². The highest BCUT2D eigenvalue weighted by atomic mass is 28.3. The molecule has 0 saturated carbocycles. The summed E-state index contributed by atoms with van der Waals surface area (Å²) in [6.07, 6.45) is 0.761. The third-order valence-corrected chi connectivity index (χ3v) is 5.96. The standard InChI is InChI=1S/C20H25N3O3Si/c1-27(2,3)12-11-25-14-23-17(15-7-5-4-6-8-15)13-16-18(26-20(21)24)9-10-22-19(16)23/h4-10,13H,11-12,14H2,1-3H3,(H2,21,24). The third-order valence-electron chi connectivity index (χ3n) is 4.25. The second-order valence-corrected chi connectivity index (χ2v) is 13.3. The predicted octanol–water partition coefficient (Wildman–Crippen LogP) is 4.47. The third kappa shape index (κ3) is 4.75. The Morgan fingerprint density at radius 3 is 2.59 bits per heavy atom. The maximum atomic E-state index is 11.2. The molecule has 0 radical (unpaired) electrons. The lowest BCUT2D eigenvalue weighted by molar-refractivity contribution is 0.0909. The number of amides is 1. The normalized spacial score (nSPS) is 11.7. The summed E-state index contributed by atoms with van der Waals surface area (Å²) in [6.45, 7) is 8.07. The minimum atomic E-state index is -1.16. The first-order chi connectivity index (χ1) is 12.8. The minimum absolute atomic E-state index is 0.380. The summed E-state index contributed by atoms with van der Waals surface area (Å²) < 4.78 is 13.1. The van der Waals surface area contributed by atoms with Gasteiger partial charge >= 0.3 is 6.09 Å². The van der Waals surface area contributed by atoms with Gasteiger partial charge in [0, 0.05) is 26.9 Å². The second-order valence-electron chi connectivity index (χ2n) is 7.64. The second kappa shape index (κ2) is 7.94. The van der Waals surface area contributed by atoms with E-state index in [-0.39, 0.29) is 0 Å². The number of hydrogen-bond donors (Lipinski definition) is 1. The quantitative estimate of drug-likeness (QED) is 0.482. The van der Waals surface area contributed by atoms with Crippen molar-refractivity contribution < 1.29 is 14.3 Å². The van der Waals surface area contributed by atoms with Gasteiger partial charge in [0.2, 0.25) is 0 Å². The van der Waals surface area contributed by atoms with Gasteiger partial charge in [0.1, 0.15) is 18.1 Å². The van der Waals surface area contributed by atoms with Gasteiger partial charge in [0.05, 0.1) is 11.1 Å². The highest BCUT2D eigenvalue weighted by Crippen LogP contribution is 2.32. The Labute approximate surface area is 159 Å². The van der Waals surface area contributed by atoms with Gasteiger partial charge in [-0.1, -0.05) is 50.0 Å². The van der Waals surface area contributed by atoms with Crippen molar-refractivity contribution in [1.82, 2.24) is 9.55 Å². The van der Waals surface area contributed by atoms with E-state index < -0.39 is 14.2 Å². The van der Waals surface area contributed by atoms with E-state index in [9.17, 15) is 4.79 Å². The number of hydrogen-bond acceptors (Lipinski definition) is 4. The molecule has 3 aromatic rings. The van der Waals surface area contributed by atoms with Crippen molar-refractivity contribution in [2.24, 2.45) is 5.73 Å².